The first-order chi connectivity index (χ1) is 14.1. The Morgan fingerprint density at radius 2 is 2.03 bits per heavy atom. The summed E-state index contributed by atoms with van der Waals surface area (Å²) < 4.78 is 1.93. The van der Waals surface area contributed by atoms with Crippen LogP contribution in [0.5, 0.6) is 0 Å². The van der Waals surface area contributed by atoms with E-state index in [-0.39, 0.29) is 5.56 Å². The molecule has 3 heterocycles. The van der Waals surface area contributed by atoms with E-state index in [1.165, 1.54) is 6.07 Å². The van der Waals surface area contributed by atoms with Gasteiger partial charge in [-0.05, 0) is 35.4 Å². The van der Waals surface area contributed by atoms with Gasteiger partial charge in [-0.2, -0.15) is 5.26 Å². The summed E-state index contributed by atoms with van der Waals surface area (Å²) in [5.41, 5.74) is 3.04. The van der Waals surface area contributed by atoms with Crippen molar-refractivity contribution in [3.63, 3.8) is 0 Å². The molecule has 1 atom stereocenters. The van der Waals surface area contributed by atoms with E-state index < -0.39 is 6.04 Å². The van der Waals surface area contributed by atoms with E-state index in [2.05, 4.69) is 26.0 Å². The summed E-state index contributed by atoms with van der Waals surface area (Å²) in [6.45, 7) is 0. The number of pyridine rings is 1. The van der Waals surface area contributed by atoms with Crippen LogP contribution in [0.2, 0.25) is 5.15 Å². The fraction of sp³-hybridized carbons (Fsp3) is 0.0952. The minimum atomic E-state index is -0.466. The Kier molecular flexibility index (Phi) is 5.18. The summed E-state index contributed by atoms with van der Waals surface area (Å²) in [6, 6.07) is 14.0. The Balaban J connectivity index is 1.79. The highest BCUT2D eigenvalue weighted by Crippen LogP contribution is 2.26. The number of halogens is 1. The predicted octanol–water partition coefficient (Wildman–Crippen LogP) is 3.11. The van der Waals surface area contributed by atoms with Gasteiger partial charge in [-0.1, -0.05) is 23.7 Å². The highest BCUT2D eigenvalue weighted by atomic mass is 35.5. The SMILES string of the molecule is N#Cc1ccc(Cc2cncn2C(c2cc[nH]c(=O)c2)c2nccc(Cl)n2)cc1. The third-order valence-corrected chi connectivity index (χ3v) is 4.70. The predicted molar refractivity (Wildman–Crippen MR) is 108 cm³/mol. The number of rotatable bonds is 5. The van der Waals surface area contributed by atoms with Crippen LogP contribution in [0.3, 0.4) is 0 Å². The van der Waals surface area contributed by atoms with Crippen molar-refractivity contribution >= 4 is 11.6 Å². The van der Waals surface area contributed by atoms with Crippen molar-refractivity contribution in [1.29, 1.82) is 5.26 Å². The van der Waals surface area contributed by atoms with Crippen LogP contribution >= 0.6 is 11.6 Å². The van der Waals surface area contributed by atoms with Gasteiger partial charge in [0.25, 0.3) is 0 Å². The summed E-state index contributed by atoms with van der Waals surface area (Å²) in [5.74, 6) is 0.460. The van der Waals surface area contributed by atoms with Crippen molar-refractivity contribution in [1.82, 2.24) is 24.5 Å². The smallest absolute Gasteiger partial charge is 0.248 e. The molecule has 0 aliphatic heterocycles. The molecule has 0 radical (unpaired) electrons. The Morgan fingerprint density at radius 3 is 2.76 bits per heavy atom. The molecule has 4 rings (SSSR count). The van der Waals surface area contributed by atoms with Crippen LogP contribution in [0.15, 0.2) is 72.2 Å². The monoisotopic (exact) mass is 402 g/mol. The molecule has 0 saturated carbocycles. The standard InChI is InChI=1S/C21H15ClN6O/c22-18-6-8-26-21(27-18)20(16-5-7-25-19(29)10-16)28-13-24-12-17(28)9-14-1-3-15(11-23)4-2-14/h1-8,10,12-13,20H,9H2,(H,25,29). The number of H-pyrrole nitrogens is 1. The zero-order valence-corrected chi connectivity index (χ0v) is 15.9. The maximum absolute atomic E-state index is 11.9. The van der Waals surface area contributed by atoms with E-state index >= 15 is 0 Å². The normalized spacial score (nSPS) is 11.7. The van der Waals surface area contributed by atoms with Crippen LogP contribution in [0, 0.1) is 11.3 Å². The van der Waals surface area contributed by atoms with Crippen molar-refractivity contribution in [2.45, 2.75) is 12.5 Å². The third kappa shape index (κ3) is 4.08. The molecule has 0 amide bonds. The highest BCUT2D eigenvalue weighted by molar-refractivity contribution is 6.29. The molecule has 1 N–H and O–H groups in total. The number of aromatic amines is 1. The van der Waals surface area contributed by atoms with Crippen molar-refractivity contribution in [2.75, 3.05) is 0 Å². The fourth-order valence-electron chi connectivity index (χ4n) is 3.16. The van der Waals surface area contributed by atoms with Crippen molar-refractivity contribution < 1.29 is 0 Å². The summed E-state index contributed by atoms with van der Waals surface area (Å²) >= 11 is 6.10. The molecule has 0 aliphatic rings. The maximum Gasteiger partial charge on any atom is 0.248 e. The largest absolute Gasteiger partial charge is 0.329 e. The number of nitrogens with one attached hydrogen (secondary N) is 1. The molecule has 3 aromatic heterocycles. The molecule has 142 valence electrons. The molecule has 0 saturated heterocycles. The molecular formula is C21H15ClN6O. The van der Waals surface area contributed by atoms with Gasteiger partial charge in [0.05, 0.1) is 18.0 Å². The molecule has 1 aromatic carbocycles. The summed E-state index contributed by atoms with van der Waals surface area (Å²) in [7, 11) is 0. The lowest BCUT2D eigenvalue weighted by atomic mass is 10.0. The lowest BCUT2D eigenvalue weighted by Crippen LogP contribution is -2.19. The van der Waals surface area contributed by atoms with Gasteiger partial charge < -0.3 is 9.55 Å². The first kappa shape index (κ1) is 18.6. The van der Waals surface area contributed by atoms with Crippen molar-refractivity contribution in [2.24, 2.45) is 0 Å². The molecule has 0 bridgehead atoms. The molecular weight excluding hydrogens is 388 g/mol. The lowest BCUT2D eigenvalue weighted by Gasteiger charge is -2.20. The molecule has 8 heteroatoms. The average molecular weight is 403 g/mol. The number of aromatic nitrogens is 5. The fourth-order valence-corrected chi connectivity index (χ4v) is 3.30. The molecule has 29 heavy (non-hydrogen) atoms. The average Bonchev–Trinajstić information content (AvgIpc) is 3.17. The topological polar surface area (TPSA) is 100 Å². The number of hydrogen-bond donors (Lipinski definition) is 1. The van der Waals surface area contributed by atoms with E-state index in [0.717, 1.165) is 16.8 Å². The number of hydrogen-bond acceptors (Lipinski definition) is 5. The van der Waals surface area contributed by atoms with Crippen LogP contribution in [0.1, 0.15) is 34.3 Å². The van der Waals surface area contributed by atoms with Crippen LogP contribution in [-0.4, -0.2) is 24.5 Å². The second-order valence-corrected chi connectivity index (χ2v) is 6.79. The molecule has 1 unspecified atom stereocenters. The van der Waals surface area contributed by atoms with E-state index in [1.54, 1.807) is 43.1 Å². The quantitative estimate of drug-likeness (QED) is 0.517. The van der Waals surface area contributed by atoms with Gasteiger partial charge in [-0.25, -0.2) is 15.0 Å². The number of imidazole rings is 1. The second-order valence-electron chi connectivity index (χ2n) is 6.40. The van der Waals surface area contributed by atoms with Gasteiger partial charge in [0.1, 0.15) is 11.2 Å². The molecule has 0 spiro atoms. The minimum Gasteiger partial charge on any atom is -0.329 e. The third-order valence-electron chi connectivity index (χ3n) is 4.49. The Morgan fingerprint density at radius 1 is 1.21 bits per heavy atom. The Labute approximate surface area is 171 Å². The zero-order valence-electron chi connectivity index (χ0n) is 15.2. The highest BCUT2D eigenvalue weighted by Gasteiger charge is 2.22. The first-order valence-corrected chi connectivity index (χ1v) is 9.18. The van der Waals surface area contributed by atoms with Crippen LogP contribution in [0.25, 0.3) is 0 Å². The molecule has 0 fully saturated rings. The molecule has 0 aliphatic carbocycles. The zero-order chi connectivity index (χ0) is 20.2. The summed E-state index contributed by atoms with van der Waals surface area (Å²) in [4.78, 5) is 27.6. The van der Waals surface area contributed by atoms with Crippen LogP contribution in [-0.2, 0) is 6.42 Å². The summed E-state index contributed by atoms with van der Waals surface area (Å²) in [5, 5.41) is 9.30. The van der Waals surface area contributed by atoms with Crippen LogP contribution in [0.4, 0.5) is 0 Å². The van der Waals surface area contributed by atoms with E-state index in [1.807, 2.05) is 22.8 Å². The van der Waals surface area contributed by atoms with Crippen molar-refractivity contribution in [3.8, 4) is 6.07 Å². The van der Waals surface area contributed by atoms with E-state index in [0.29, 0.717) is 23.0 Å². The van der Waals surface area contributed by atoms with E-state index in [9.17, 15) is 4.79 Å². The lowest BCUT2D eigenvalue weighted by molar-refractivity contribution is 0.611. The van der Waals surface area contributed by atoms with E-state index in [4.69, 9.17) is 16.9 Å². The van der Waals surface area contributed by atoms with Gasteiger partial charge >= 0.3 is 0 Å². The summed E-state index contributed by atoms with van der Waals surface area (Å²) in [6.07, 6.45) is 7.22. The maximum atomic E-state index is 11.9. The van der Waals surface area contributed by atoms with Gasteiger partial charge in [0, 0.05) is 36.8 Å². The van der Waals surface area contributed by atoms with Gasteiger partial charge in [0.2, 0.25) is 5.56 Å². The number of benzene rings is 1. The second kappa shape index (κ2) is 8.09. The van der Waals surface area contributed by atoms with Crippen molar-refractivity contribution in [3.05, 3.63) is 111 Å². The number of nitrogens with zero attached hydrogens (tertiary/aromatic N) is 5. The Bertz CT molecular complexity index is 1240. The molecule has 4 aromatic rings. The van der Waals surface area contributed by atoms with Gasteiger partial charge in [-0.3, -0.25) is 4.79 Å². The van der Waals surface area contributed by atoms with Gasteiger partial charge in [-0.15, -0.1) is 0 Å². The number of nitriles is 1. The molecule has 7 nitrogen and oxygen atoms in total. The van der Waals surface area contributed by atoms with Gasteiger partial charge in [0.15, 0.2) is 5.82 Å². The minimum absolute atomic E-state index is 0.219. The Hall–Kier alpha value is -3.76. The van der Waals surface area contributed by atoms with Crippen LogP contribution < -0.4 is 5.56 Å². The first-order valence-electron chi connectivity index (χ1n) is 8.81.